The molecule has 0 spiro atoms. The molecule has 0 atom stereocenters. The van der Waals surface area contributed by atoms with Gasteiger partial charge >= 0.3 is 5.97 Å². The summed E-state index contributed by atoms with van der Waals surface area (Å²) in [5, 5.41) is 20.4. The molecule has 5 heteroatoms. The summed E-state index contributed by atoms with van der Waals surface area (Å²) in [6.07, 6.45) is 0. The average Bonchev–Trinajstić information content (AvgIpc) is 2.47. The maximum absolute atomic E-state index is 12.0. The highest BCUT2D eigenvalue weighted by molar-refractivity contribution is 6.07. The van der Waals surface area contributed by atoms with Crippen LogP contribution in [0.15, 0.2) is 48.5 Å². The third-order valence-corrected chi connectivity index (χ3v) is 2.66. The summed E-state index contributed by atoms with van der Waals surface area (Å²) >= 11 is 0. The van der Waals surface area contributed by atoms with Crippen LogP contribution in [0.3, 0.4) is 0 Å². The fraction of sp³-hybridized carbons (Fsp3) is 0. The lowest BCUT2D eigenvalue weighted by Gasteiger charge is -2.08. The molecular weight excluding hydrogens is 256 g/mol. The van der Waals surface area contributed by atoms with Crippen molar-refractivity contribution in [3.63, 3.8) is 0 Å². The number of aromatic carboxylic acids is 1. The lowest BCUT2D eigenvalue weighted by atomic mass is 10.1. The van der Waals surface area contributed by atoms with E-state index >= 15 is 0 Å². The number of carboxylic acid groups (broad SMARTS) is 1. The van der Waals surface area contributed by atoms with Crippen molar-refractivity contribution in [1.82, 2.24) is 0 Å². The Morgan fingerprint density at radius 2 is 1.85 bits per heavy atom. The number of hydrogen-bond donors (Lipinski definition) is 2. The number of nitriles is 1. The van der Waals surface area contributed by atoms with E-state index < -0.39 is 11.9 Å². The number of rotatable bonds is 3. The van der Waals surface area contributed by atoms with Gasteiger partial charge in [0.05, 0.1) is 22.9 Å². The Balaban J connectivity index is 2.28. The molecule has 5 nitrogen and oxygen atoms in total. The number of benzene rings is 2. The smallest absolute Gasteiger partial charge is 0.337 e. The van der Waals surface area contributed by atoms with Crippen LogP contribution in [0.1, 0.15) is 26.3 Å². The van der Waals surface area contributed by atoms with Crippen molar-refractivity contribution in [3.8, 4) is 6.07 Å². The highest BCUT2D eigenvalue weighted by atomic mass is 16.4. The van der Waals surface area contributed by atoms with E-state index in [1.807, 2.05) is 6.07 Å². The summed E-state index contributed by atoms with van der Waals surface area (Å²) in [6, 6.07) is 14.2. The van der Waals surface area contributed by atoms with Crippen molar-refractivity contribution < 1.29 is 14.7 Å². The lowest BCUT2D eigenvalue weighted by molar-refractivity contribution is 0.0698. The highest BCUT2D eigenvalue weighted by Crippen LogP contribution is 2.16. The molecule has 2 aromatic carbocycles. The summed E-state index contributed by atoms with van der Waals surface area (Å²) in [5.74, 6) is -1.58. The molecule has 0 aromatic heterocycles. The molecular formula is C15H10N2O3. The number of carboxylic acids is 1. The zero-order valence-electron chi connectivity index (χ0n) is 10.3. The second kappa shape index (κ2) is 5.67. The number of para-hydroxylation sites is 1. The van der Waals surface area contributed by atoms with Crippen LogP contribution >= 0.6 is 0 Å². The molecule has 0 fully saturated rings. The minimum absolute atomic E-state index is 0.0114. The number of carbonyl (C=O) groups excluding carboxylic acids is 1. The van der Waals surface area contributed by atoms with Crippen LogP contribution in [0, 0.1) is 11.3 Å². The van der Waals surface area contributed by atoms with E-state index in [9.17, 15) is 9.59 Å². The van der Waals surface area contributed by atoms with E-state index in [2.05, 4.69) is 5.32 Å². The van der Waals surface area contributed by atoms with Gasteiger partial charge in [-0.3, -0.25) is 4.79 Å². The normalized spacial score (nSPS) is 9.55. The number of nitrogens with one attached hydrogen (secondary N) is 1. The van der Waals surface area contributed by atoms with Crippen LogP contribution in [0.2, 0.25) is 0 Å². The fourth-order valence-electron chi connectivity index (χ4n) is 1.70. The number of anilines is 1. The van der Waals surface area contributed by atoms with Gasteiger partial charge in [-0.2, -0.15) is 5.26 Å². The van der Waals surface area contributed by atoms with E-state index in [4.69, 9.17) is 10.4 Å². The zero-order chi connectivity index (χ0) is 14.5. The Kier molecular flexibility index (Phi) is 3.77. The summed E-state index contributed by atoms with van der Waals surface area (Å²) in [6.45, 7) is 0. The highest BCUT2D eigenvalue weighted by Gasteiger charge is 2.13. The molecule has 20 heavy (non-hydrogen) atoms. The van der Waals surface area contributed by atoms with Gasteiger partial charge < -0.3 is 10.4 Å². The fourth-order valence-corrected chi connectivity index (χ4v) is 1.70. The lowest BCUT2D eigenvalue weighted by Crippen LogP contribution is -2.14. The molecule has 0 heterocycles. The van der Waals surface area contributed by atoms with Gasteiger partial charge in [-0.15, -0.1) is 0 Å². The van der Waals surface area contributed by atoms with E-state index in [0.717, 1.165) is 0 Å². The van der Waals surface area contributed by atoms with Gasteiger partial charge in [0.2, 0.25) is 0 Å². The van der Waals surface area contributed by atoms with E-state index in [-0.39, 0.29) is 11.3 Å². The first-order chi connectivity index (χ1) is 9.61. The molecule has 0 aliphatic rings. The Morgan fingerprint density at radius 1 is 1.10 bits per heavy atom. The maximum atomic E-state index is 12.0. The predicted molar refractivity (Wildman–Crippen MR) is 72.5 cm³/mol. The van der Waals surface area contributed by atoms with Gasteiger partial charge in [0.1, 0.15) is 0 Å². The quantitative estimate of drug-likeness (QED) is 0.893. The molecule has 2 rings (SSSR count). The second-order valence-corrected chi connectivity index (χ2v) is 4.00. The molecule has 1 amide bonds. The zero-order valence-corrected chi connectivity index (χ0v) is 10.3. The number of nitrogens with zero attached hydrogens (tertiary/aromatic N) is 1. The first-order valence-corrected chi connectivity index (χ1v) is 5.75. The molecule has 0 bridgehead atoms. The predicted octanol–water partition coefficient (Wildman–Crippen LogP) is 2.51. The topological polar surface area (TPSA) is 90.2 Å². The minimum Gasteiger partial charge on any atom is -0.478 e. The van der Waals surface area contributed by atoms with Crippen molar-refractivity contribution in [1.29, 1.82) is 5.26 Å². The molecule has 0 saturated carbocycles. The van der Waals surface area contributed by atoms with Crippen molar-refractivity contribution in [2.24, 2.45) is 0 Å². The average molecular weight is 266 g/mol. The molecule has 0 aliphatic heterocycles. The molecule has 98 valence electrons. The maximum Gasteiger partial charge on any atom is 0.337 e. The first-order valence-electron chi connectivity index (χ1n) is 5.75. The van der Waals surface area contributed by atoms with Crippen LogP contribution in [-0.4, -0.2) is 17.0 Å². The van der Waals surface area contributed by atoms with Crippen LogP contribution in [0.4, 0.5) is 5.69 Å². The SMILES string of the molecule is N#Cc1cccc(C(=O)Nc2ccccc2C(=O)O)c1. The summed E-state index contributed by atoms with van der Waals surface area (Å²) < 4.78 is 0. The van der Waals surface area contributed by atoms with Gasteiger partial charge in [0.25, 0.3) is 5.91 Å². The first kappa shape index (κ1) is 13.3. The van der Waals surface area contributed by atoms with Crippen molar-refractivity contribution in [2.75, 3.05) is 5.32 Å². The molecule has 2 aromatic rings. The Bertz CT molecular complexity index is 717. The Labute approximate surface area is 115 Å². The van der Waals surface area contributed by atoms with Crippen LogP contribution < -0.4 is 5.32 Å². The molecule has 2 N–H and O–H groups in total. The van der Waals surface area contributed by atoms with E-state index in [0.29, 0.717) is 11.1 Å². The summed E-state index contributed by atoms with van der Waals surface area (Å²) in [5.41, 5.74) is 0.887. The van der Waals surface area contributed by atoms with Crippen LogP contribution in [0.5, 0.6) is 0 Å². The number of hydrogen-bond acceptors (Lipinski definition) is 3. The van der Waals surface area contributed by atoms with E-state index in [1.54, 1.807) is 30.3 Å². The van der Waals surface area contributed by atoms with Crippen molar-refractivity contribution >= 4 is 17.6 Å². The Hall–Kier alpha value is -3.13. The van der Waals surface area contributed by atoms with Gasteiger partial charge in [0.15, 0.2) is 0 Å². The van der Waals surface area contributed by atoms with Crippen molar-refractivity contribution in [2.45, 2.75) is 0 Å². The van der Waals surface area contributed by atoms with Gasteiger partial charge in [-0.25, -0.2) is 4.79 Å². The molecule has 0 saturated heterocycles. The summed E-state index contributed by atoms with van der Waals surface area (Å²) in [4.78, 5) is 23.1. The van der Waals surface area contributed by atoms with Crippen molar-refractivity contribution in [3.05, 3.63) is 65.2 Å². The summed E-state index contributed by atoms with van der Waals surface area (Å²) in [7, 11) is 0. The van der Waals surface area contributed by atoms with Gasteiger partial charge in [-0.1, -0.05) is 18.2 Å². The third-order valence-electron chi connectivity index (χ3n) is 2.66. The van der Waals surface area contributed by atoms with Crippen LogP contribution in [-0.2, 0) is 0 Å². The molecule has 0 radical (unpaired) electrons. The minimum atomic E-state index is -1.12. The largest absolute Gasteiger partial charge is 0.478 e. The van der Waals surface area contributed by atoms with E-state index in [1.165, 1.54) is 18.2 Å². The standard InChI is InChI=1S/C15H10N2O3/c16-9-10-4-3-5-11(8-10)14(18)17-13-7-2-1-6-12(13)15(19)20/h1-8H,(H,17,18)(H,19,20). The molecule has 0 aliphatic carbocycles. The molecule has 0 unspecified atom stereocenters. The third kappa shape index (κ3) is 2.82. The monoisotopic (exact) mass is 266 g/mol. The second-order valence-electron chi connectivity index (χ2n) is 4.00. The number of carbonyl (C=O) groups is 2. The van der Waals surface area contributed by atoms with Gasteiger partial charge in [0, 0.05) is 5.56 Å². The van der Waals surface area contributed by atoms with Gasteiger partial charge in [-0.05, 0) is 30.3 Å². The Morgan fingerprint density at radius 3 is 2.55 bits per heavy atom. The van der Waals surface area contributed by atoms with Crippen LogP contribution in [0.25, 0.3) is 0 Å². The number of amides is 1.